The van der Waals surface area contributed by atoms with Gasteiger partial charge in [0.25, 0.3) is 0 Å². The van der Waals surface area contributed by atoms with Crippen molar-refractivity contribution in [3.63, 3.8) is 0 Å². The number of rotatable bonds is 4. The van der Waals surface area contributed by atoms with Gasteiger partial charge < -0.3 is 15.2 Å². The lowest BCUT2D eigenvalue weighted by Gasteiger charge is -2.28. The van der Waals surface area contributed by atoms with Gasteiger partial charge in [-0.1, -0.05) is 13.0 Å². The maximum atomic E-state index is 6.18. The van der Waals surface area contributed by atoms with Gasteiger partial charge >= 0.3 is 0 Å². The van der Waals surface area contributed by atoms with Crippen LogP contribution in [0.25, 0.3) is 0 Å². The SMILES string of the molecule is COc1cccc(OC2CCC(C)CC2)c1C(C)N. The summed E-state index contributed by atoms with van der Waals surface area (Å²) in [6.45, 7) is 4.28. The molecule has 2 rings (SSSR count). The van der Waals surface area contributed by atoms with E-state index in [2.05, 4.69) is 6.92 Å². The lowest BCUT2D eigenvalue weighted by Crippen LogP contribution is -2.24. The molecule has 1 aromatic carbocycles. The van der Waals surface area contributed by atoms with Crippen LogP contribution in [0.1, 0.15) is 51.1 Å². The van der Waals surface area contributed by atoms with E-state index in [1.54, 1.807) is 7.11 Å². The molecule has 0 spiro atoms. The second-order valence-electron chi connectivity index (χ2n) is 5.66. The molecule has 1 aromatic rings. The van der Waals surface area contributed by atoms with Gasteiger partial charge in [-0.15, -0.1) is 0 Å². The normalized spacial score (nSPS) is 24.8. The molecule has 1 fully saturated rings. The highest BCUT2D eigenvalue weighted by atomic mass is 16.5. The molecule has 0 aliphatic heterocycles. The van der Waals surface area contributed by atoms with Crippen LogP contribution in [0.5, 0.6) is 11.5 Å². The molecule has 1 unspecified atom stereocenters. The Labute approximate surface area is 116 Å². The third kappa shape index (κ3) is 3.41. The maximum absolute atomic E-state index is 6.18. The van der Waals surface area contributed by atoms with Gasteiger partial charge in [0.1, 0.15) is 11.5 Å². The number of nitrogens with two attached hydrogens (primary N) is 1. The lowest BCUT2D eigenvalue weighted by molar-refractivity contribution is 0.133. The summed E-state index contributed by atoms with van der Waals surface area (Å²) in [6.07, 6.45) is 5.10. The summed E-state index contributed by atoms with van der Waals surface area (Å²) in [6, 6.07) is 5.81. The third-order valence-electron chi connectivity index (χ3n) is 3.96. The van der Waals surface area contributed by atoms with Gasteiger partial charge in [-0.05, 0) is 50.7 Å². The average Bonchev–Trinajstić information content (AvgIpc) is 2.40. The van der Waals surface area contributed by atoms with Gasteiger partial charge in [-0.2, -0.15) is 0 Å². The predicted molar refractivity (Wildman–Crippen MR) is 77.6 cm³/mol. The summed E-state index contributed by atoms with van der Waals surface area (Å²) in [4.78, 5) is 0. The zero-order chi connectivity index (χ0) is 13.8. The quantitative estimate of drug-likeness (QED) is 0.901. The van der Waals surface area contributed by atoms with Crippen LogP contribution in [-0.2, 0) is 0 Å². The summed E-state index contributed by atoms with van der Waals surface area (Å²) >= 11 is 0. The Morgan fingerprint density at radius 2 is 1.79 bits per heavy atom. The fraction of sp³-hybridized carbons (Fsp3) is 0.625. The fourth-order valence-electron chi connectivity index (χ4n) is 2.78. The molecule has 0 saturated heterocycles. The first kappa shape index (κ1) is 14.2. The summed E-state index contributed by atoms with van der Waals surface area (Å²) < 4.78 is 11.6. The first-order valence-electron chi connectivity index (χ1n) is 7.21. The minimum atomic E-state index is -0.0892. The van der Waals surface area contributed by atoms with Gasteiger partial charge in [0.2, 0.25) is 0 Å². The van der Waals surface area contributed by atoms with E-state index < -0.39 is 0 Å². The smallest absolute Gasteiger partial charge is 0.128 e. The molecule has 106 valence electrons. The molecule has 2 N–H and O–H groups in total. The van der Waals surface area contributed by atoms with Crippen LogP contribution in [0, 0.1) is 5.92 Å². The molecule has 0 aromatic heterocycles. The molecule has 3 nitrogen and oxygen atoms in total. The summed E-state index contributed by atoms with van der Waals surface area (Å²) in [5, 5.41) is 0. The molecule has 3 heteroatoms. The summed E-state index contributed by atoms with van der Waals surface area (Å²) in [7, 11) is 1.67. The monoisotopic (exact) mass is 263 g/mol. The molecule has 1 saturated carbocycles. The van der Waals surface area contributed by atoms with Crippen molar-refractivity contribution in [3.8, 4) is 11.5 Å². The summed E-state index contributed by atoms with van der Waals surface area (Å²) in [5.74, 6) is 2.53. The van der Waals surface area contributed by atoms with E-state index in [1.165, 1.54) is 12.8 Å². The van der Waals surface area contributed by atoms with Crippen molar-refractivity contribution in [2.24, 2.45) is 11.7 Å². The Morgan fingerprint density at radius 3 is 2.37 bits per heavy atom. The van der Waals surface area contributed by atoms with E-state index in [4.69, 9.17) is 15.2 Å². The van der Waals surface area contributed by atoms with Crippen LogP contribution in [0.4, 0.5) is 0 Å². The van der Waals surface area contributed by atoms with Crippen LogP contribution in [0.3, 0.4) is 0 Å². The van der Waals surface area contributed by atoms with Crippen LogP contribution in [0.2, 0.25) is 0 Å². The maximum Gasteiger partial charge on any atom is 0.128 e. The van der Waals surface area contributed by atoms with E-state index in [-0.39, 0.29) is 6.04 Å². The van der Waals surface area contributed by atoms with Gasteiger partial charge in [0.05, 0.1) is 18.8 Å². The zero-order valence-corrected chi connectivity index (χ0v) is 12.2. The first-order valence-corrected chi connectivity index (χ1v) is 7.21. The highest BCUT2D eigenvalue weighted by Gasteiger charge is 2.22. The number of hydrogen-bond donors (Lipinski definition) is 1. The highest BCUT2D eigenvalue weighted by Crippen LogP contribution is 2.35. The van der Waals surface area contributed by atoms with E-state index in [9.17, 15) is 0 Å². The second kappa shape index (κ2) is 6.29. The van der Waals surface area contributed by atoms with Gasteiger partial charge in [-0.25, -0.2) is 0 Å². The van der Waals surface area contributed by atoms with Crippen molar-refractivity contribution in [2.45, 2.75) is 51.7 Å². The second-order valence-corrected chi connectivity index (χ2v) is 5.66. The molecule has 1 atom stereocenters. The first-order chi connectivity index (χ1) is 9.11. The van der Waals surface area contributed by atoms with Crippen molar-refractivity contribution in [1.29, 1.82) is 0 Å². The van der Waals surface area contributed by atoms with Crippen LogP contribution in [0.15, 0.2) is 18.2 Å². The number of hydrogen-bond acceptors (Lipinski definition) is 3. The van der Waals surface area contributed by atoms with Gasteiger partial charge in [-0.3, -0.25) is 0 Å². The standard InChI is InChI=1S/C16H25NO2/c1-11-7-9-13(10-8-11)19-15-6-4-5-14(18-3)16(15)12(2)17/h4-6,11-13H,7-10,17H2,1-3H3. The highest BCUT2D eigenvalue weighted by molar-refractivity contribution is 5.46. The largest absolute Gasteiger partial charge is 0.496 e. The van der Waals surface area contributed by atoms with E-state index in [0.717, 1.165) is 35.8 Å². The van der Waals surface area contributed by atoms with E-state index in [1.807, 2.05) is 25.1 Å². The predicted octanol–water partition coefficient (Wildman–Crippen LogP) is 3.67. The molecule has 1 aliphatic rings. The number of methoxy groups -OCH3 is 1. The molecular formula is C16H25NO2. The van der Waals surface area contributed by atoms with Crippen molar-refractivity contribution >= 4 is 0 Å². The fourth-order valence-corrected chi connectivity index (χ4v) is 2.78. The van der Waals surface area contributed by atoms with Crippen molar-refractivity contribution < 1.29 is 9.47 Å². The summed E-state index contributed by atoms with van der Waals surface area (Å²) in [5.41, 5.74) is 7.03. The Kier molecular flexibility index (Phi) is 4.70. The average molecular weight is 263 g/mol. The van der Waals surface area contributed by atoms with E-state index in [0.29, 0.717) is 6.10 Å². The Balaban J connectivity index is 2.15. The Hall–Kier alpha value is -1.22. The number of benzene rings is 1. The molecular weight excluding hydrogens is 238 g/mol. The minimum absolute atomic E-state index is 0.0892. The lowest BCUT2D eigenvalue weighted by atomic mass is 9.89. The third-order valence-corrected chi connectivity index (χ3v) is 3.96. The topological polar surface area (TPSA) is 44.5 Å². The Morgan fingerprint density at radius 1 is 1.16 bits per heavy atom. The van der Waals surface area contributed by atoms with Gasteiger partial charge in [0, 0.05) is 6.04 Å². The molecule has 0 amide bonds. The van der Waals surface area contributed by atoms with Crippen LogP contribution >= 0.6 is 0 Å². The number of ether oxygens (including phenoxy) is 2. The van der Waals surface area contributed by atoms with Crippen LogP contribution < -0.4 is 15.2 Å². The van der Waals surface area contributed by atoms with Gasteiger partial charge in [0.15, 0.2) is 0 Å². The molecule has 0 bridgehead atoms. The zero-order valence-electron chi connectivity index (χ0n) is 12.2. The van der Waals surface area contributed by atoms with E-state index >= 15 is 0 Å². The molecule has 19 heavy (non-hydrogen) atoms. The van der Waals surface area contributed by atoms with Crippen LogP contribution in [-0.4, -0.2) is 13.2 Å². The van der Waals surface area contributed by atoms with Crippen molar-refractivity contribution in [1.82, 2.24) is 0 Å². The molecule has 0 heterocycles. The van der Waals surface area contributed by atoms with Crippen molar-refractivity contribution in [3.05, 3.63) is 23.8 Å². The molecule has 1 aliphatic carbocycles. The molecule has 0 radical (unpaired) electrons. The van der Waals surface area contributed by atoms with Crippen molar-refractivity contribution in [2.75, 3.05) is 7.11 Å². The Bertz CT molecular complexity index is 409. The minimum Gasteiger partial charge on any atom is -0.496 e.